The second-order valence-electron chi connectivity index (χ2n) is 4.62. The lowest BCUT2D eigenvalue weighted by Gasteiger charge is -2.14. The van der Waals surface area contributed by atoms with Crippen LogP contribution in [-0.2, 0) is 12.8 Å². The molecule has 2 nitrogen and oxygen atoms in total. The fourth-order valence-electron chi connectivity index (χ4n) is 2.11. The Morgan fingerprint density at radius 1 is 1.32 bits per heavy atom. The topological polar surface area (TPSA) is 22.1 Å². The predicted octanol–water partition coefficient (Wildman–Crippen LogP) is 4.10. The van der Waals surface area contributed by atoms with Crippen molar-refractivity contribution in [1.82, 2.24) is 4.98 Å². The zero-order valence-corrected chi connectivity index (χ0v) is 12.8. The molecule has 0 aliphatic rings. The van der Waals surface area contributed by atoms with Gasteiger partial charge in [0.05, 0.1) is 12.1 Å². The number of rotatable bonds is 6. The smallest absolute Gasteiger partial charge is 0.122 e. The molecule has 1 unspecified atom stereocenters. The summed E-state index contributed by atoms with van der Waals surface area (Å²) in [5, 5.41) is 3.25. The van der Waals surface area contributed by atoms with Crippen molar-refractivity contribution < 1.29 is 4.74 Å². The van der Waals surface area contributed by atoms with Crippen molar-refractivity contribution in [2.45, 2.75) is 19.8 Å². The van der Waals surface area contributed by atoms with E-state index in [4.69, 9.17) is 16.3 Å². The second kappa shape index (κ2) is 6.92. The van der Waals surface area contributed by atoms with E-state index in [0.29, 0.717) is 11.8 Å². The lowest BCUT2D eigenvalue weighted by Crippen LogP contribution is -2.11. The van der Waals surface area contributed by atoms with E-state index in [1.807, 2.05) is 25.1 Å². The molecule has 0 aliphatic carbocycles. The van der Waals surface area contributed by atoms with Gasteiger partial charge in [0, 0.05) is 23.4 Å². The number of thiazole rings is 1. The number of benzene rings is 1. The molecule has 2 aromatic rings. The summed E-state index contributed by atoms with van der Waals surface area (Å²) in [6.45, 7) is 2.02. The maximum absolute atomic E-state index is 6.11. The van der Waals surface area contributed by atoms with Gasteiger partial charge < -0.3 is 4.74 Å². The quantitative estimate of drug-likeness (QED) is 0.749. The first-order valence-electron chi connectivity index (χ1n) is 6.31. The van der Waals surface area contributed by atoms with E-state index in [1.54, 1.807) is 18.4 Å². The van der Waals surface area contributed by atoms with Crippen LogP contribution in [0.25, 0.3) is 0 Å². The zero-order chi connectivity index (χ0) is 13.7. The Balaban J connectivity index is 2.06. The van der Waals surface area contributed by atoms with Gasteiger partial charge in [0.25, 0.3) is 0 Å². The van der Waals surface area contributed by atoms with Gasteiger partial charge in [0.15, 0.2) is 0 Å². The monoisotopic (exact) mass is 295 g/mol. The van der Waals surface area contributed by atoms with Gasteiger partial charge in [-0.05, 0) is 30.9 Å². The molecule has 1 atom stereocenters. The largest absolute Gasteiger partial charge is 0.496 e. The van der Waals surface area contributed by atoms with Gasteiger partial charge in [-0.25, -0.2) is 4.98 Å². The highest BCUT2D eigenvalue weighted by molar-refractivity contribution is 7.09. The normalized spacial score (nSPS) is 12.4. The first kappa shape index (κ1) is 14.4. The molecule has 1 heterocycles. The lowest BCUT2D eigenvalue weighted by atomic mass is 9.97. The van der Waals surface area contributed by atoms with Crippen molar-refractivity contribution in [2.75, 3.05) is 13.0 Å². The van der Waals surface area contributed by atoms with Gasteiger partial charge in [-0.1, -0.05) is 18.2 Å². The number of halogens is 1. The molecule has 2 rings (SSSR count). The van der Waals surface area contributed by atoms with Crippen LogP contribution in [-0.4, -0.2) is 18.0 Å². The molecule has 0 amide bonds. The Morgan fingerprint density at radius 3 is 2.74 bits per heavy atom. The molecule has 1 aromatic heterocycles. The number of aryl methyl sites for hydroxylation is 1. The Labute approximate surface area is 123 Å². The number of methoxy groups -OCH3 is 1. The number of hydrogen-bond donors (Lipinski definition) is 0. The molecule has 0 bridgehead atoms. The average molecular weight is 296 g/mol. The second-order valence-corrected chi connectivity index (χ2v) is 5.87. The van der Waals surface area contributed by atoms with E-state index >= 15 is 0 Å². The molecule has 0 fully saturated rings. The minimum absolute atomic E-state index is 0.392. The van der Waals surface area contributed by atoms with Gasteiger partial charge >= 0.3 is 0 Å². The number of ether oxygens (including phenoxy) is 1. The summed E-state index contributed by atoms with van der Waals surface area (Å²) in [7, 11) is 1.71. The highest BCUT2D eigenvalue weighted by atomic mass is 35.5. The van der Waals surface area contributed by atoms with Gasteiger partial charge in [-0.3, -0.25) is 0 Å². The summed E-state index contributed by atoms with van der Waals surface area (Å²) in [6.07, 6.45) is 1.85. The third-order valence-electron chi connectivity index (χ3n) is 3.05. The van der Waals surface area contributed by atoms with Crippen LogP contribution in [0.2, 0.25) is 0 Å². The van der Waals surface area contributed by atoms with Crippen LogP contribution in [0.3, 0.4) is 0 Å². The van der Waals surface area contributed by atoms with E-state index < -0.39 is 0 Å². The van der Waals surface area contributed by atoms with Crippen molar-refractivity contribution in [3.05, 3.63) is 45.9 Å². The summed E-state index contributed by atoms with van der Waals surface area (Å²) in [5.74, 6) is 1.97. The highest BCUT2D eigenvalue weighted by Gasteiger charge is 2.14. The molecular formula is C15H18ClNOS. The number of nitrogens with zero attached hydrogens (tertiary/aromatic N) is 1. The average Bonchev–Trinajstić information content (AvgIpc) is 2.84. The number of aromatic nitrogens is 1. The Morgan fingerprint density at radius 2 is 2.11 bits per heavy atom. The van der Waals surface area contributed by atoms with Gasteiger partial charge in [0.2, 0.25) is 0 Å². The van der Waals surface area contributed by atoms with E-state index in [-0.39, 0.29) is 0 Å². The van der Waals surface area contributed by atoms with Crippen molar-refractivity contribution in [3.8, 4) is 5.75 Å². The first-order valence-corrected chi connectivity index (χ1v) is 7.73. The predicted molar refractivity (Wildman–Crippen MR) is 81.5 cm³/mol. The fourth-order valence-corrected chi connectivity index (χ4v) is 3.21. The zero-order valence-electron chi connectivity index (χ0n) is 11.2. The third kappa shape index (κ3) is 3.95. The molecule has 0 aliphatic heterocycles. The molecule has 102 valence electrons. The maximum atomic E-state index is 6.11. The molecule has 19 heavy (non-hydrogen) atoms. The van der Waals surface area contributed by atoms with Crippen LogP contribution in [0.1, 0.15) is 16.3 Å². The summed E-state index contributed by atoms with van der Waals surface area (Å²) >= 11 is 7.82. The molecular weight excluding hydrogens is 278 g/mol. The van der Waals surface area contributed by atoms with Crippen LogP contribution in [0.15, 0.2) is 29.6 Å². The molecule has 0 radical (unpaired) electrons. The van der Waals surface area contributed by atoms with Crippen LogP contribution in [0, 0.1) is 12.8 Å². The van der Waals surface area contributed by atoms with E-state index in [1.165, 1.54) is 5.56 Å². The molecule has 0 saturated heterocycles. The standard InChI is InChI=1S/C15H18ClNOS/c1-11-10-19-15(17-11)8-12(9-16)7-13-5-3-4-6-14(13)18-2/h3-6,10,12H,7-9H2,1-2H3. The summed E-state index contributed by atoms with van der Waals surface area (Å²) in [5.41, 5.74) is 2.30. The van der Waals surface area contributed by atoms with E-state index in [2.05, 4.69) is 16.4 Å². The van der Waals surface area contributed by atoms with Crippen molar-refractivity contribution in [1.29, 1.82) is 0 Å². The van der Waals surface area contributed by atoms with Crippen LogP contribution >= 0.6 is 22.9 Å². The Hall–Kier alpha value is -1.06. The van der Waals surface area contributed by atoms with Gasteiger partial charge in [-0.2, -0.15) is 0 Å². The third-order valence-corrected chi connectivity index (χ3v) is 4.47. The highest BCUT2D eigenvalue weighted by Crippen LogP contribution is 2.24. The van der Waals surface area contributed by atoms with Crippen LogP contribution in [0.4, 0.5) is 0 Å². The van der Waals surface area contributed by atoms with Gasteiger partial charge in [-0.15, -0.1) is 22.9 Å². The summed E-state index contributed by atoms with van der Waals surface area (Å²) in [4.78, 5) is 4.51. The summed E-state index contributed by atoms with van der Waals surface area (Å²) < 4.78 is 5.39. The van der Waals surface area contributed by atoms with Crippen LogP contribution in [0.5, 0.6) is 5.75 Å². The molecule has 0 saturated carbocycles. The van der Waals surface area contributed by atoms with Crippen LogP contribution < -0.4 is 4.74 Å². The van der Waals surface area contributed by atoms with Crippen molar-refractivity contribution >= 4 is 22.9 Å². The summed E-state index contributed by atoms with van der Waals surface area (Å²) in [6, 6.07) is 8.12. The number of hydrogen-bond acceptors (Lipinski definition) is 3. The van der Waals surface area contributed by atoms with E-state index in [9.17, 15) is 0 Å². The first-order chi connectivity index (χ1) is 9.22. The fraction of sp³-hybridized carbons (Fsp3) is 0.400. The minimum Gasteiger partial charge on any atom is -0.496 e. The number of alkyl halides is 1. The lowest BCUT2D eigenvalue weighted by molar-refractivity contribution is 0.405. The Kier molecular flexibility index (Phi) is 5.23. The Bertz CT molecular complexity index is 526. The van der Waals surface area contributed by atoms with E-state index in [0.717, 1.165) is 29.3 Å². The van der Waals surface area contributed by atoms with Crippen molar-refractivity contribution in [3.63, 3.8) is 0 Å². The molecule has 1 aromatic carbocycles. The molecule has 4 heteroatoms. The molecule has 0 N–H and O–H groups in total. The number of para-hydroxylation sites is 1. The minimum atomic E-state index is 0.392. The van der Waals surface area contributed by atoms with Crippen molar-refractivity contribution in [2.24, 2.45) is 5.92 Å². The molecule has 0 spiro atoms. The SMILES string of the molecule is COc1ccccc1CC(CCl)Cc1nc(C)cs1. The van der Waals surface area contributed by atoms with Gasteiger partial charge in [0.1, 0.15) is 5.75 Å². The maximum Gasteiger partial charge on any atom is 0.122 e.